The topological polar surface area (TPSA) is 30.5 Å². The zero-order chi connectivity index (χ0) is 12.4. The Hall–Kier alpha value is -1.06. The van der Waals surface area contributed by atoms with Crippen LogP contribution in [0.15, 0.2) is 24.3 Å². The zero-order valence-corrected chi connectivity index (χ0v) is 10.9. The monoisotopic (exact) mass is 247 g/mol. The molecule has 1 N–H and O–H groups in total. The quantitative estimate of drug-likeness (QED) is 0.866. The van der Waals surface area contributed by atoms with Crippen molar-refractivity contribution in [3.8, 4) is 5.75 Å². The van der Waals surface area contributed by atoms with Crippen molar-refractivity contribution in [1.29, 1.82) is 0 Å². The number of ether oxygens (including phenoxy) is 2. The first-order valence-corrected chi connectivity index (χ1v) is 6.93. The first kappa shape index (κ1) is 12.0. The van der Waals surface area contributed by atoms with Gasteiger partial charge in [-0.15, -0.1) is 0 Å². The SMILES string of the molecule is CCOC1CC(NCC2COc3ccccc32)C1. The van der Waals surface area contributed by atoms with E-state index in [1.165, 1.54) is 5.56 Å². The van der Waals surface area contributed by atoms with Gasteiger partial charge in [0.05, 0.1) is 12.7 Å². The number of nitrogens with one attached hydrogen (secondary N) is 1. The molecule has 3 rings (SSSR count). The third-order valence-corrected chi connectivity index (χ3v) is 3.95. The van der Waals surface area contributed by atoms with E-state index in [4.69, 9.17) is 9.47 Å². The lowest BCUT2D eigenvalue weighted by Crippen LogP contribution is -2.46. The Kier molecular flexibility index (Phi) is 3.52. The molecule has 1 aliphatic heterocycles. The maximum absolute atomic E-state index is 5.69. The van der Waals surface area contributed by atoms with Gasteiger partial charge in [0, 0.05) is 30.7 Å². The van der Waals surface area contributed by atoms with Crippen LogP contribution >= 0.6 is 0 Å². The summed E-state index contributed by atoms with van der Waals surface area (Å²) in [4.78, 5) is 0. The summed E-state index contributed by atoms with van der Waals surface area (Å²) in [5.74, 6) is 1.57. The molecule has 1 fully saturated rings. The summed E-state index contributed by atoms with van der Waals surface area (Å²) >= 11 is 0. The van der Waals surface area contributed by atoms with Gasteiger partial charge >= 0.3 is 0 Å². The van der Waals surface area contributed by atoms with Crippen LogP contribution in [0.2, 0.25) is 0 Å². The lowest BCUT2D eigenvalue weighted by molar-refractivity contribution is -0.0101. The van der Waals surface area contributed by atoms with Gasteiger partial charge in [0.15, 0.2) is 0 Å². The van der Waals surface area contributed by atoms with Crippen LogP contribution in [-0.2, 0) is 4.74 Å². The van der Waals surface area contributed by atoms with E-state index in [-0.39, 0.29) is 0 Å². The van der Waals surface area contributed by atoms with E-state index in [1.54, 1.807) is 0 Å². The lowest BCUT2D eigenvalue weighted by Gasteiger charge is -2.36. The molecule has 98 valence electrons. The van der Waals surface area contributed by atoms with E-state index < -0.39 is 0 Å². The van der Waals surface area contributed by atoms with Crippen molar-refractivity contribution in [1.82, 2.24) is 5.32 Å². The molecule has 1 atom stereocenters. The lowest BCUT2D eigenvalue weighted by atomic mass is 9.88. The standard InChI is InChI=1S/C15H21NO2/c1-2-17-13-7-12(8-13)16-9-11-10-18-15-6-4-3-5-14(11)15/h3-6,11-13,16H,2,7-10H2,1H3. The first-order chi connectivity index (χ1) is 8.86. The van der Waals surface area contributed by atoms with Gasteiger partial charge in [0.2, 0.25) is 0 Å². The number of hydrogen-bond acceptors (Lipinski definition) is 3. The number of rotatable bonds is 5. The molecule has 1 aromatic rings. The largest absolute Gasteiger partial charge is 0.493 e. The van der Waals surface area contributed by atoms with Crippen molar-refractivity contribution in [3.05, 3.63) is 29.8 Å². The van der Waals surface area contributed by atoms with Gasteiger partial charge in [0.25, 0.3) is 0 Å². The zero-order valence-electron chi connectivity index (χ0n) is 10.9. The van der Waals surface area contributed by atoms with E-state index in [9.17, 15) is 0 Å². The molecule has 1 heterocycles. The fourth-order valence-electron chi connectivity index (χ4n) is 2.81. The fourth-order valence-corrected chi connectivity index (χ4v) is 2.81. The van der Waals surface area contributed by atoms with Crippen molar-refractivity contribution < 1.29 is 9.47 Å². The van der Waals surface area contributed by atoms with Gasteiger partial charge in [-0.25, -0.2) is 0 Å². The van der Waals surface area contributed by atoms with Gasteiger partial charge < -0.3 is 14.8 Å². The molecule has 0 spiro atoms. The molecule has 0 radical (unpaired) electrons. The van der Waals surface area contributed by atoms with Crippen LogP contribution in [0, 0.1) is 0 Å². The number of para-hydroxylation sites is 1. The number of hydrogen-bond donors (Lipinski definition) is 1. The van der Waals surface area contributed by atoms with E-state index in [0.717, 1.165) is 38.3 Å². The van der Waals surface area contributed by atoms with Crippen LogP contribution in [0.1, 0.15) is 31.2 Å². The summed E-state index contributed by atoms with van der Waals surface area (Å²) in [5.41, 5.74) is 1.35. The molecule has 1 unspecified atom stereocenters. The van der Waals surface area contributed by atoms with Crippen molar-refractivity contribution in [2.45, 2.75) is 37.8 Å². The van der Waals surface area contributed by atoms with Gasteiger partial charge in [0.1, 0.15) is 5.75 Å². The van der Waals surface area contributed by atoms with Gasteiger partial charge in [-0.2, -0.15) is 0 Å². The molecule has 1 saturated carbocycles. The van der Waals surface area contributed by atoms with Crippen LogP contribution in [-0.4, -0.2) is 31.9 Å². The molecule has 0 saturated heterocycles. The van der Waals surface area contributed by atoms with Crippen LogP contribution in [0.25, 0.3) is 0 Å². The molecule has 0 bridgehead atoms. The van der Waals surface area contributed by atoms with Gasteiger partial charge in [-0.1, -0.05) is 18.2 Å². The predicted octanol–water partition coefficient (Wildman–Crippen LogP) is 2.32. The molecule has 0 amide bonds. The second-order valence-corrected chi connectivity index (χ2v) is 5.20. The number of benzene rings is 1. The van der Waals surface area contributed by atoms with Crippen molar-refractivity contribution in [2.24, 2.45) is 0 Å². The van der Waals surface area contributed by atoms with Crippen LogP contribution in [0.3, 0.4) is 0 Å². The highest BCUT2D eigenvalue weighted by Gasteiger charge is 2.31. The summed E-state index contributed by atoms with van der Waals surface area (Å²) in [6, 6.07) is 9.00. The Labute approximate surface area is 108 Å². The van der Waals surface area contributed by atoms with E-state index >= 15 is 0 Å². The van der Waals surface area contributed by atoms with Crippen molar-refractivity contribution >= 4 is 0 Å². The van der Waals surface area contributed by atoms with Crippen molar-refractivity contribution in [2.75, 3.05) is 19.8 Å². The Bertz CT molecular complexity index is 401. The van der Waals surface area contributed by atoms with Crippen LogP contribution in [0.4, 0.5) is 0 Å². The predicted molar refractivity (Wildman–Crippen MR) is 71.1 cm³/mol. The van der Waals surface area contributed by atoms with Crippen LogP contribution in [0.5, 0.6) is 5.75 Å². The average molecular weight is 247 g/mol. The second kappa shape index (κ2) is 5.29. The molecule has 0 aromatic heterocycles. The molecule has 1 aromatic carbocycles. The summed E-state index contributed by atoms with van der Waals surface area (Å²) in [6.45, 7) is 4.73. The highest BCUT2D eigenvalue weighted by Crippen LogP contribution is 2.33. The minimum absolute atomic E-state index is 0.486. The molecule has 18 heavy (non-hydrogen) atoms. The van der Waals surface area contributed by atoms with Gasteiger partial charge in [-0.05, 0) is 25.8 Å². The normalized spacial score (nSPS) is 29.5. The second-order valence-electron chi connectivity index (χ2n) is 5.20. The Morgan fingerprint density at radius 2 is 2.17 bits per heavy atom. The maximum Gasteiger partial charge on any atom is 0.122 e. The highest BCUT2D eigenvalue weighted by atomic mass is 16.5. The Morgan fingerprint density at radius 1 is 1.33 bits per heavy atom. The third-order valence-electron chi connectivity index (χ3n) is 3.95. The number of fused-ring (bicyclic) bond motifs is 1. The average Bonchev–Trinajstić information content (AvgIpc) is 2.75. The highest BCUT2D eigenvalue weighted by molar-refractivity contribution is 5.39. The summed E-state index contributed by atoms with van der Waals surface area (Å²) < 4.78 is 11.3. The molecule has 2 aliphatic rings. The molecule has 3 heteroatoms. The molecular formula is C15H21NO2. The van der Waals surface area contributed by atoms with E-state index in [1.807, 2.05) is 6.07 Å². The third kappa shape index (κ3) is 2.38. The minimum Gasteiger partial charge on any atom is -0.493 e. The van der Waals surface area contributed by atoms with Crippen LogP contribution < -0.4 is 10.1 Å². The Balaban J connectivity index is 1.46. The molecular weight excluding hydrogens is 226 g/mol. The molecule has 3 nitrogen and oxygen atoms in total. The minimum atomic E-state index is 0.486. The summed E-state index contributed by atoms with van der Waals surface area (Å²) in [7, 11) is 0. The molecule has 1 aliphatic carbocycles. The van der Waals surface area contributed by atoms with E-state index in [2.05, 4.69) is 30.4 Å². The van der Waals surface area contributed by atoms with E-state index in [0.29, 0.717) is 18.1 Å². The van der Waals surface area contributed by atoms with Crippen molar-refractivity contribution in [3.63, 3.8) is 0 Å². The summed E-state index contributed by atoms with van der Waals surface area (Å²) in [5, 5.41) is 3.63. The van der Waals surface area contributed by atoms with Gasteiger partial charge in [-0.3, -0.25) is 0 Å². The summed E-state index contributed by atoms with van der Waals surface area (Å²) in [6.07, 6.45) is 2.80. The fraction of sp³-hybridized carbons (Fsp3) is 0.600. The smallest absolute Gasteiger partial charge is 0.122 e. The first-order valence-electron chi connectivity index (χ1n) is 6.93. The maximum atomic E-state index is 5.69. The Morgan fingerprint density at radius 3 is 3.00 bits per heavy atom.